The number of hydrogen-bond acceptors (Lipinski definition) is 4. The third-order valence-electron chi connectivity index (χ3n) is 3.14. The van der Waals surface area contributed by atoms with Crippen molar-refractivity contribution >= 4 is 0 Å². The molecular formula is C13H20N2O2. The molecule has 94 valence electrons. The second kappa shape index (κ2) is 6.00. The Kier molecular flexibility index (Phi) is 4.36. The normalized spacial score (nSPS) is 19.1. The van der Waals surface area contributed by atoms with Crippen LogP contribution < -0.4 is 5.32 Å². The van der Waals surface area contributed by atoms with Gasteiger partial charge in [-0.25, -0.2) is 0 Å². The summed E-state index contributed by atoms with van der Waals surface area (Å²) >= 11 is 0. The Bertz CT molecular complexity index is 351. The van der Waals surface area contributed by atoms with Crippen molar-refractivity contribution in [3.8, 4) is 5.75 Å². The molecule has 2 rings (SSSR count). The van der Waals surface area contributed by atoms with Crippen molar-refractivity contribution < 1.29 is 9.84 Å². The number of ether oxygens (including phenoxy) is 1. The molecule has 1 fully saturated rings. The first-order valence-corrected chi connectivity index (χ1v) is 6.06. The lowest BCUT2D eigenvalue weighted by atomic mass is 10.0. The average Bonchev–Trinajstić information content (AvgIpc) is 2.37. The van der Waals surface area contributed by atoms with Gasteiger partial charge in [-0.1, -0.05) is 12.1 Å². The lowest BCUT2D eigenvalue weighted by molar-refractivity contribution is 0.0165. The van der Waals surface area contributed by atoms with Gasteiger partial charge >= 0.3 is 0 Å². The molecule has 4 heteroatoms. The van der Waals surface area contributed by atoms with Crippen LogP contribution in [0.5, 0.6) is 5.75 Å². The van der Waals surface area contributed by atoms with E-state index in [9.17, 15) is 5.11 Å². The number of rotatable bonds is 4. The van der Waals surface area contributed by atoms with Crippen LogP contribution in [0.3, 0.4) is 0 Å². The SMILES string of the molecule is CNCC(c1cccc(O)c1)N1CCOCC1. The molecule has 0 saturated carbocycles. The highest BCUT2D eigenvalue weighted by molar-refractivity contribution is 5.29. The van der Waals surface area contributed by atoms with Gasteiger partial charge in [0.1, 0.15) is 5.75 Å². The van der Waals surface area contributed by atoms with Crippen molar-refractivity contribution in [2.24, 2.45) is 0 Å². The number of morpholine rings is 1. The molecule has 1 unspecified atom stereocenters. The molecule has 1 aromatic rings. The predicted octanol–water partition coefficient (Wildman–Crippen LogP) is 0.985. The Balaban J connectivity index is 2.15. The largest absolute Gasteiger partial charge is 0.508 e. The van der Waals surface area contributed by atoms with Crippen LogP contribution in [0.15, 0.2) is 24.3 Å². The fraction of sp³-hybridized carbons (Fsp3) is 0.538. The number of hydrogen-bond donors (Lipinski definition) is 2. The Morgan fingerprint density at radius 3 is 2.82 bits per heavy atom. The maximum atomic E-state index is 9.56. The second-order valence-electron chi connectivity index (χ2n) is 4.32. The first-order chi connectivity index (χ1) is 8.31. The maximum absolute atomic E-state index is 9.56. The highest BCUT2D eigenvalue weighted by Gasteiger charge is 2.21. The number of likely N-dealkylation sites (N-methyl/N-ethyl adjacent to an activating group) is 1. The minimum Gasteiger partial charge on any atom is -0.508 e. The Labute approximate surface area is 102 Å². The molecule has 1 aromatic carbocycles. The molecule has 4 nitrogen and oxygen atoms in total. The molecule has 1 atom stereocenters. The average molecular weight is 236 g/mol. The fourth-order valence-corrected chi connectivity index (χ4v) is 2.27. The Morgan fingerprint density at radius 2 is 2.18 bits per heavy atom. The summed E-state index contributed by atoms with van der Waals surface area (Å²) in [5.41, 5.74) is 1.15. The summed E-state index contributed by atoms with van der Waals surface area (Å²) in [7, 11) is 1.95. The minimum atomic E-state index is 0.302. The lowest BCUT2D eigenvalue weighted by Crippen LogP contribution is -2.42. The van der Waals surface area contributed by atoms with Crippen LogP contribution in [0, 0.1) is 0 Å². The first-order valence-electron chi connectivity index (χ1n) is 6.06. The molecule has 0 bridgehead atoms. The van der Waals surface area contributed by atoms with Crippen molar-refractivity contribution in [3.63, 3.8) is 0 Å². The van der Waals surface area contributed by atoms with Gasteiger partial charge in [0.15, 0.2) is 0 Å². The van der Waals surface area contributed by atoms with Crippen LogP contribution in [-0.2, 0) is 4.74 Å². The van der Waals surface area contributed by atoms with Crippen LogP contribution in [0.2, 0.25) is 0 Å². The van der Waals surface area contributed by atoms with E-state index in [1.807, 2.05) is 19.2 Å². The van der Waals surface area contributed by atoms with Crippen LogP contribution in [-0.4, -0.2) is 49.9 Å². The molecule has 0 radical (unpaired) electrons. The minimum absolute atomic E-state index is 0.302. The third-order valence-corrected chi connectivity index (χ3v) is 3.14. The highest BCUT2D eigenvalue weighted by atomic mass is 16.5. The van der Waals surface area contributed by atoms with Gasteiger partial charge in [-0.3, -0.25) is 4.90 Å². The third kappa shape index (κ3) is 3.19. The van der Waals surface area contributed by atoms with Crippen LogP contribution in [0.1, 0.15) is 11.6 Å². The van der Waals surface area contributed by atoms with Gasteiger partial charge in [0, 0.05) is 25.7 Å². The van der Waals surface area contributed by atoms with Gasteiger partial charge < -0.3 is 15.2 Å². The molecule has 0 amide bonds. The number of phenols is 1. The topological polar surface area (TPSA) is 44.7 Å². The van der Waals surface area contributed by atoms with E-state index in [-0.39, 0.29) is 0 Å². The van der Waals surface area contributed by atoms with E-state index in [4.69, 9.17) is 4.74 Å². The monoisotopic (exact) mass is 236 g/mol. The van der Waals surface area contributed by atoms with Crippen molar-refractivity contribution in [2.75, 3.05) is 39.9 Å². The van der Waals surface area contributed by atoms with E-state index in [2.05, 4.69) is 16.3 Å². The van der Waals surface area contributed by atoms with Crippen molar-refractivity contribution in [1.29, 1.82) is 0 Å². The molecule has 1 aliphatic rings. The zero-order valence-corrected chi connectivity index (χ0v) is 10.2. The van der Waals surface area contributed by atoms with E-state index >= 15 is 0 Å². The van der Waals surface area contributed by atoms with E-state index in [1.54, 1.807) is 6.07 Å². The molecule has 2 N–H and O–H groups in total. The second-order valence-corrected chi connectivity index (χ2v) is 4.32. The number of nitrogens with one attached hydrogen (secondary N) is 1. The Hall–Kier alpha value is -1.10. The zero-order chi connectivity index (χ0) is 12.1. The number of aromatic hydroxyl groups is 1. The summed E-state index contributed by atoms with van der Waals surface area (Å²) in [5, 5.41) is 12.8. The smallest absolute Gasteiger partial charge is 0.115 e. The van der Waals surface area contributed by atoms with E-state index in [0.29, 0.717) is 11.8 Å². The maximum Gasteiger partial charge on any atom is 0.115 e. The van der Waals surface area contributed by atoms with Crippen molar-refractivity contribution in [3.05, 3.63) is 29.8 Å². The van der Waals surface area contributed by atoms with Crippen LogP contribution in [0.25, 0.3) is 0 Å². The van der Waals surface area contributed by atoms with Crippen LogP contribution in [0.4, 0.5) is 0 Å². The van der Waals surface area contributed by atoms with Crippen molar-refractivity contribution in [2.45, 2.75) is 6.04 Å². The first kappa shape index (κ1) is 12.4. The predicted molar refractivity (Wildman–Crippen MR) is 67.2 cm³/mol. The van der Waals surface area contributed by atoms with Gasteiger partial charge in [-0.15, -0.1) is 0 Å². The van der Waals surface area contributed by atoms with E-state index < -0.39 is 0 Å². The number of benzene rings is 1. The van der Waals surface area contributed by atoms with Crippen molar-refractivity contribution in [1.82, 2.24) is 10.2 Å². The standard InChI is InChI=1S/C13H20N2O2/c1-14-10-13(15-5-7-17-8-6-15)11-3-2-4-12(16)9-11/h2-4,9,13-14,16H,5-8,10H2,1H3. The van der Waals surface area contributed by atoms with Gasteiger partial charge in [0.25, 0.3) is 0 Å². The fourth-order valence-electron chi connectivity index (χ4n) is 2.27. The van der Waals surface area contributed by atoms with Crippen LogP contribution >= 0.6 is 0 Å². The molecule has 0 aromatic heterocycles. The molecule has 0 spiro atoms. The quantitative estimate of drug-likeness (QED) is 0.818. The summed E-state index contributed by atoms with van der Waals surface area (Å²) in [6.07, 6.45) is 0. The van der Waals surface area contributed by atoms with E-state index in [1.165, 1.54) is 0 Å². The van der Waals surface area contributed by atoms with E-state index in [0.717, 1.165) is 38.4 Å². The Morgan fingerprint density at radius 1 is 1.41 bits per heavy atom. The summed E-state index contributed by atoms with van der Waals surface area (Å²) in [4.78, 5) is 2.40. The molecular weight excluding hydrogens is 216 g/mol. The molecule has 1 saturated heterocycles. The summed E-state index contributed by atoms with van der Waals surface area (Å²) < 4.78 is 5.38. The van der Waals surface area contributed by atoms with Gasteiger partial charge in [-0.2, -0.15) is 0 Å². The summed E-state index contributed by atoms with van der Waals surface area (Å²) in [5.74, 6) is 0.330. The number of phenolic OH excluding ortho intramolecular Hbond substituents is 1. The van der Waals surface area contributed by atoms with Gasteiger partial charge in [0.2, 0.25) is 0 Å². The lowest BCUT2D eigenvalue weighted by Gasteiger charge is -2.34. The van der Waals surface area contributed by atoms with Gasteiger partial charge in [0.05, 0.1) is 13.2 Å². The molecule has 0 aliphatic carbocycles. The molecule has 17 heavy (non-hydrogen) atoms. The molecule has 1 aliphatic heterocycles. The highest BCUT2D eigenvalue weighted by Crippen LogP contribution is 2.24. The molecule has 1 heterocycles. The summed E-state index contributed by atoms with van der Waals surface area (Å²) in [6.45, 7) is 4.35. The van der Waals surface area contributed by atoms with Gasteiger partial charge in [-0.05, 0) is 24.7 Å². The summed E-state index contributed by atoms with van der Waals surface area (Å²) in [6, 6.07) is 7.82. The zero-order valence-electron chi connectivity index (χ0n) is 10.2. The number of nitrogens with zero attached hydrogens (tertiary/aromatic N) is 1.